The van der Waals surface area contributed by atoms with Crippen LogP contribution in [0.3, 0.4) is 0 Å². The molecule has 1 unspecified atom stereocenters. The van der Waals surface area contributed by atoms with Crippen LogP contribution in [0.4, 0.5) is 0 Å². The zero-order valence-electron chi connectivity index (χ0n) is 37.3. The van der Waals surface area contributed by atoms with Gasteiger partial charge in [0.1, 0.15) is 13.2 Å². The zero-order valence-corrected chi connectivity index (χ0v) is 37.3. The highest BCUT2D eigenvalue weighted by Gasteiger charge is 2.19. The molecular formula is C52H84O6. The quantitative estimate of drug-likeness (QED) is 0.0202. The topological polar surface area (TPSA) is 78.9 Å². The van der Waals surface area contributed by atoms with Gasteiger partial charge in [0.2, 0.25) is 0 Å². The summed E-state index contributed by atoms with van der Waals surface area (Å²) < 4.78 is 16.7. The molecule has 0 amide bonds. The molecule has 0 saturated heterocycles. The van der Waals surface area contributed by atoms with Crippen LogP contribution in [0.5, 0.6) is 0 Å². The Morgan fingerprint density at radius 1 is 0.362 bits per heavy atom. The van der Waals surface area contributed by atoms with E-state index in [4.69, 9.17) is 14.2 Å². The lowest BCUT2D eigenvalue weighted by molar-refractivity contribution is -0.167. The van der Waals surface area contributed by atoms with Crippen molar-refractivity contribution in [1.29, 1.82) is 0 Å². The average molecular weight is 805 g/mol. The fraction of sp³-hybridized carbons (Fsp3) is 0.635. The fourth-order valence-corrected chi connectivity index (χ4v) is 5.96. The van der Waals surface area contributed by atoms with Crippen LogP contribution in [0.25, 0.3) is 0 Å². The molecule has 0 heterocycles. The summed E-state index contributed by atoms with van der Waals surface area (Å²) >= 11 is 0. The second-order valence-corrected chi connectivity index (χ2v) is 15.0. The highest BCUT2D eigenvalue weighted by atomic mass is 16.6. The normalized spacial score (nSPS) is 12.9. The first-order chi connectivity index (χ1) is 28.5. The van der Waals surface area contributed by atoms with E-state index in [2.05, 4.69) is 93.7 Å². The van der Waals surface area contributed by atoms with Crippen LogP contribution < -0.4 is 0 Å². The predicted octanol–water partition coefficient (Wildman–Crippen LogP) is 15.0. The molecule has 6 heteroatoms. The molecule has 0 spiro atoms. The Morgan fingerprint density at radius 2 is 0.690 bits per heavy atom. The van der Waals surface area contributed by atoms with Crippen molar-refractivity contribution in [1.82, 2.24) is 0 Å². The fourth-order valence-electron chi connectivity index (χ4n) is 5.96. The molecule has 0 aliphatic rings. The summed E-state index contributed by atoms with van der Waals surface area (Å²) in [5.74, 6) is -0.956. The third-order valence-corrected chi connectivity index (χ3v) is 9.46. The van der Waals surface area contributed by atoms with Crippen molar-refractivity contribution < 1.29 is 28.6 Å². The second-order valence-electron chi connectivity index (χ2n) is 15.0. The van der Waals surface area contributed by atoms with Gasteiger partial charge >= 0.3 is 17.9 Å². The lowest BCUT2D eigenvalue weighted by Crippen LogP contribution is -2.30. The molecule has 0 aliphatic heterocycles. The van der Waals surface area contributed by atoms with E-state index in [1.807, 2.05) is 24.3 Å². The lowest BCUT2D eigenvalue weighted by atomic mass is 10.1. The molecule has 0 radical (unpaired) electrons. The Bertz CT molecular complexity index is 1200. The number of ether oxygens (including phenoxy) is 3. The number of allylic oxidation sites excluding steroid dienone is 16. The molecule has 0 fully saturated rings. The number of esters is 3. The molecule has 0 aromatic carbocycles. The summed E-state index contributed by atoms with van der Waals surface area (Å²) in [6, 6.07) is 0. The van der Waals surface area contributed by atoms with Crippen LogP contribution in [0.1, 0.15) is 194 Å². The number of hydrogen-bond acceptors (Lipinski definition) is 6. The minimum absolute atomic E-state index is 0.0982. The number of hydrogen-bond donors (Lipinski definition) is 0. The molecule has 0 saturated carbocycles. The van der Waals surface area contributed by atoms with Gasteiger partial charge in [-0.1, -0.05) is 195 Å². The molecule has 0 rings (SSSR count). The molecule has 0 bridgehead atoms. The summed E-state index contributed by atoms with van der Waals surface area (Å²) in [4.78, 5) is 37.8. The molecule has 0 aromatic heterocycles. The van der Waals surface area contributed by atoms with E-state index in [1.54, 1.807) is 0 Å². The molecule has 0 aliphatic carbocycles. The van der Waals surface area contributed by atoms with Crippen molar-refractivity contribution in [2.45, 2.75) is 200 Å². The Labute approximate surface area is 356 Å². The van der Waals surface area contributed by atoms with Gasteiger partial charge in [0.25, 0.3) is 0 Å². The molecule has 58 heavy (non-hydrogen) atoms. The second kappa shape index (κ2) is 46.0. The monoisotopic (exact) mass is 805 g/mol. The van der Waals surface area contributed by atoms with Crippen LogP contribution in [0.15, 0.2) is 97.2 Å². The van der Waals surface area contributed by atoms with Gasteiger partial charge in [0.15, 0.2) is 6.10 Å². The number of unbranched alkanes of at least 4 members (excludes halogenated alkanes) is 18. The zero-order chi connectivity index (χ0) is 42.3. The van der Waals surface area contributed by atoms with Gasteiger partial charge in [-0.3, -0.25) is 14.4 Å². The summed E-state index contributed by atoms with van der Waals surface area (Å²) in [5, 5.41) is 0. The SMILES string of the molecule is CC\C=C/C=C\C=C/C=C\CCCCCCCC(=O)OCC(COC(=O)CCCCCC/C=C\CCCC)OC(=O)CCCCCCCCC\C=C/C=C\C=C/CC. The van der Waals surface area contributed by atoms with Crippen LogP contribution in [0, 0.1) is 0 Å². The third kappa shape index (κ3) is 43.5. The first-order valence-corrected chi connectivity index (χ1v) is 23.3. The predicted molar refractivity (Wildman–Crippen MR) is 247 cm³/mol. The van der Waals surface area contributed by atoms with Gasteiger partial charge in [-0.05, 0) is 77.0 Å². The van der Waals surface area contributed by atoms with Gasteiger partial charge in [-0.15, -0.1) is 0 Å². The summed E-state index contributed by atoms with van der Waals surface area (Å²) in [5.41, 5.74) is 0. The van der Waals surface area contributed by atoms with Gasteiger partial charge < -0.3 is 14.2 Å². The van der Waals surface area contributed by atoms with Crippen LogP contribution in [-0.4, -0.2) is 37.2 Å². The van der Waals surface area contributed by atoms with E-state index < -0.39 is 6.10 Å². The van der Waals surface area contributed by atoms with Gasteiger partial charge in [0.05, 0.1) is 0 Å². The lowest BCUT2D eigenvalue weighted by Gasteiger charge is -2.18. The first kappa shape index (κ1) is 54.3. The van der Waals surface area contributed by atoms with Crippen molar-refractivity contribution in [3.8, 4) is 0 Å². The minimum atomic E-state index is -0.797. The molecular weight excluding hydrogens is 721 g/mol. The van der Waals surface area contributed by atoms with Crippen molar-refractivity contribution in [2.75, 3.05) is 13.2 Å². The number of rotatable bonds is 40. The van der Waals surface area contributed by atoms with Gasteiger partial charge in [-0.25, -0.2) is 0 Å². The summed E-state index contributed by atoms with van der Waals surface area (Å²) in [6.07, 6.45) is 59.6. The number of carbonyl (C=O) groups excluding carboxylic acids is 3. The van der Waals surface area contributed by atoms with Crippen molar-refractivity contribution >= 4 is 17.9 Å². The highest BCUT2D eigenvalue weighted by molar-refractivity contribution is 5.71. The van der Waals surface area contributed by atoms with Crippen LogP contribution in [-0.2, 0) is 28.6 Å². The molecule has 0 aromatic rings. The smallest absolute Gasteiger partial charge is 0.306 e. The average Bonchev–Trinajstić information content (AvgIpc) is 3.22. The standard InChI is InChI=1S/C52H84O6/c1-4-7-10-13-16-19-22-24-26-28-30-33-36-39-42-45-51(54)57-48-49(47-56-50(53)44-41-38-35-32-21-18-15-12-9-6-3)58-52(55)46-43-40-37-34-31-29-27-25-23-20-17-14-11-8-5-2/h7-8,10-11,13-20,22-24,26,49H,4-6,9,12,21,25,27-48H2,1-3H3/b10-7-,11-8-,16-13-,17-14-,18-15-,22-19-,23-20-,26-24-. The van der Waals surface area contributed by atoms with Gasteiger partial charge in [-0.2, -0.15) is 0 Å². The van der Waals surface area contributed by atoms with E-state index in [0.29, 0.717) is 19.3 Å². The van der Waals surface area contributed by atoms with E-state index in [0.717, 1.165) is 122 Å². The summed E-state index contributed by atoms with van der Waals surface area (Å²) in [7, 11) is 0. The third-order valence-electron chi connectivity index (χ3n) is 9.46. The Kier molecular flexibility index (Phi) is 43.1. The molecule has 0 N–H and O–H groups in total. The van der Waals surface area contributed by atoms with Crippen LogP contribution >= 0.6 is 0 Å². The van der Waals surface area contributed by atoms with Crippen LogP contribution in [0.2, 0.25) is 0 Å². The van der Waals surface area contributed by atoms with Crippen molar-refractivity contribution in [3.05, 3.63) is 97.2 Å². The maximum absolute atomic E-state index is 12.7. The van der Waals surface area contributed by atoms with E-state index in [-0.39, 0.29) is 31.1 Å². The molecule has 1 atom stereocenters. The molecule has 328 valence electrons. The van der Waals surface area contributed by atoms with Crippen molar-refractivity contribution in [3.63, 3.8) is 0 Å². The van der Waals surface area contributed by atoms with E-state index >= 15 is 0 Å². The highest BCUT2D eigenvalue weighted by Crippen LogP contribution is 2.13. The van der Waals surface area contributed by atoms with Gasteiger partial charge in [0, 0.05) is 19.3 Å². The van der Waals surface area contributed by atoms with Crippen molar-refractivity contribution in [2.24, 2.45) is 0 Å². The first-order valence-electron chi connectivity index (χ1n) is 23.3. The molecule has 6 nitrogen and oxygen atoms in total. The maximum Gasteiger partial charge on any atom is 0.306 e. The largest absolute Gasteiger partial charge is 0.462 e. The number of carbonyl (C=O) groups is 3. The Balaban J connectivity index is 4.46. The van der Waals surface area contributed by atoms with E-state index in [1.165, 1.54) is 32.1 Å². The summed E-state index contributed by atoms with van der Waals surface area (Å²) in [6.45, 7) is 6.26. The Morgan fingerprint density at radius 3 is 1.10 bits per heavy atom. The minimum Gasteiger partial charge on any atom is -0.462 e. The Hall–Kier alpha value is -3.67. The maximum atomic E-state index is 12.7. The van der Waals surface area contributed by atoms with E-state index in [9.17, 15) is 14.4 Å².